The van der Waals surface area contributed by atoms with Crippen molar-refractivity contribution in [1.29, 1.82) is 0 Å². The number of nitrogens with two attached hydrogens (primary N) is 2. The molecule has 0 aromatic heterocycles. The lowest BCUT2D eigenvalue weighted by Gasteiger charge is -2.16. The number of ketones is 2. The highest BCUT2D eigenvalue weighted by Gasteiger charge is 2.27. The number of alkyl halides is 6. The lowest BCUT2D eigenvalue weighted by molar-refractivity contribution is -0.136. The van der Waals surface area contributed by atoms with Crippen molar-refractivity contribution >= 4 is 47.0 Å². The van der Waals surface area contributed by atoms with Crippen LogP contribution in [0.3, 0.4) is 0 Å². The number of rotatable bonds is 23. The quantitative estimate of drug-likeness (QED) is 0.0118. The van der Waals surface area contributed by atoms with Crippen LogP contribution < -0.4 is 39.9 Å². The van der Waals surface area contributed by atoms with Crippen molar-refractivity contribution in [3.63, 3.8) is 0 Å². The lowest BCUT2D eigenvalue weighted by Crippen LogP contribution is -2.09. The van der Waals surface area contributed by atoms with Gasteiger partial charge in [0, 0.05) is 35.3 Å². The average Bonchev–Trinajstić information content (AvgIpc) is 3.38. The molecule has 12 nitrogen and oxygen atoms in total. The van der Waals surface area contributed by atoms with Gasteiger partial charge in [-0.2, -0.15) is 26.3 Å². The second kappa shape index (κ2) is 25.4. The normalized spacial score (nSPS) is 11.6. The molecule has 6 rings (SSSR count). The summed E-state index contributed by atoms with van der Waals surface area (Å²) in [5.41, 5.74) is 16.2. The molecule has 392 valence electrons. The van der Waals surface area contributed by atoms with Gasteiger partial charge in [-0.25, -0.2) is 9.59 Å². The molecule has 0 heterocycles. The topological polar surface area (TPSA) is 176 Å². The first kappa shape index (κ1) is 55.8. The third kappa shape index (κ3) is 16.2. The van der Waals surface area contributed by atoms with Gasteiger partial charge < -0.3 is 39.9 Å². The van der Waals surface area contributed by atoms with Crippen LogP contribution in [0.4, 0.5) is 37.7 Å². The van der Waals surface area contributed by atoms with E-state index in [9.17, 15) is 45.5 Å². The molecular weight excluding hydrogens is 987 g/mol. The summed E-state index contributed by atoms with van der Waals surface area (Å²) in [6, 6.07) is 29.2. The Bertz CT molecular complexity index is 3060. The van der Waals surface area contributed by atoms with Crippen LogP contribution in [0.5, 0.6) is 34.5 Å². The number of ether oxygens (including phenoxy) is 6. The zero-order chi connectivity index (χ0) is 54.3. The van der Waals surface area contributed by atoms with Crippen molar-refractivity contribution in [2.75, 3.05) is 38.9 Å². The number of methoxy groups -OCH3 is 2. The number of benzene rings is 6. The van der Waals surface area contributed by atoms with E-state index in [0.29, 0.717) is 45.0 Å². The maximum absolute atomic E-state index is 14.1. The Balaban J connectivity index is 1.12. The molecule has 0 unspecified atom stereocenters. The maximum atomic E-state index is 14.1. The number of allylic oxidation sites excluding steroid dienone is 2. The van der Waals surface area contributed by atoms with Crippen LogP contribution in [0.15, 0.2) is 127 Å². The standard InChI is InChI=1S/C57H52F6N2O10/c1-35-46(65)23-22-44(53(35)48(67)25-9-37-11-27-50(52(33-37)71-3)75-55(69)39-14-19-42(20-15-39)73-31-7-5-29-57(61,62)63)43-21-16-40(64)34-45(43)47(66)24-8-36-10-26-49(51(32-36)70-2)74-54(68)38-12-17-41(18-13-38)72-30-6-4-28-56(58,59)60/h8-27,32-34H,4-7,28-31,64-65H2,1-3H3. The number of carbonyl (C=O) groups is 4. The van der Waals surface area contributed by atoms with Gasteiger partial charge in [-0.1, -0.05) is 36.4 Å². The molecule has 0 spiro atoms. The monoisotopic (exact) mass is 1040 g/mol. The van der Waals surface area contributed by atoms with Crippen molar-refractivity contribution in [2.24, 2.45) is 0 Å². The molecule has 0 aliphatic carbocycles. The molecule has 6 aromatic rings. The summed E-state index contributed by atoms with van der Waals surface area (Å²) in [5.74, 6) is -1.02. The first-order chi connectivity index (χ1) is 35.7. The second-order valence-corrected chi connectivity index (χ2v) is 16.9. The van der Waals surface area contributed by atoms with Gasteiger partial charge >= 0.3 is 24.3 Å². The summed E-state index contributed by atoms with van der Waals surface area (Å²) in [7, 11) is 2.76. The molecular formula is C57H52F6N2O10. The minimum absolute atomic E-state index is 0.0613. The molecule has 4 N–H and O–H groups in total. The van der Waals surface area contributed by atoms with Gasteiger partial charge in [-0.3, -0.25) is 9.59 Å². The number of esters is 2. The van der Waals surface area contributed by atoms with Gasteiger partial charge in [0.25, 0.3) is 0 Å². The highest BCUT2D eigenvalue weighted by molar-refractivity contribution is 6.16. The van der Waals surface area contributed by atoms with Gasteiger partial charge in [0.15, 0.2) is 34.6 Å². The Hall–Kier alpha value is -8.54. The number of unbranched alkanes of at least 4 members (excludes halogenated alkanes) is 2. The zero-order valence-electron chi connectivity index (χ0n) is 40.9. The van der Waals surface area contributed by atoms with Crippen molar-refractivity contribution < 1.29 is 73.9 Å². The van der Waals surface area contributed by atoms with Gasteiger partial charge in [0.1, 0.15) is 11.5 Å². The van der Waals surface area contributed by atoms with Crippen molar-refractivity contribution in [2.45, 2.75) is 57.8 Å². The Morgan fingerprint density at radius 2 is 0.973 bits per heavy atom. The molecule has 75 heavy (non-hydrogen) atoms. The first-order valence-electron chi connectivity index (χ1n) is 23.4. The molecule has 0 aliphatic rings. The molecule has 0 saturated carbocycles. The maximum Gasteiger partial charge on any atom is 0.389 e. The van der Waals surface area contributed by atoms with E-state index in [1.165, 1.54) is 105 Å². The summed E-state index contributed by atoms with van der Waals surface area (Å²) in [6.07, 6.45) is -4.20. The largest absolute Gasteiger partial charge is 0.494 e. The van der Waals surface area contributed by atoms with Gasteiger partial charge in [-0.05, 0) is 164 Å². The Morgan fingerprint density at radius 3 is 1.43 bits per heavy atom. The van der Waals surface area contributed by atoms with Crippen LogP contribution in [0.25, 0.3) is 23.3 Å². The van der Waals surface area contributed by atoms with E-state index >= 15 is 0 Å². The molecule has 0 amide bonds. The lowest BCUT2D eigenvalue weighted by atomic mass is 9.88. The number of anilines is 2. The zero-order valence-corrected chi connectivity index (χ0v) is 40.9. The highest BCUT2D eigenvalue weighted by atomic mass is 19.4. The summed E-state index contributed by atoms with van der Waals surface area (Å²) >= 11 is 0. The van der Waals surface area contributed by atoms with E-state index < -0.39 is 48.7 Å². The third-order valence-electron chi connectivity index (χ3n) is 11.4. The van der Waals surface area contributed by atoms with Crippen LogP contribution in [-0.2, 0) is 0 Å². The SMILES string of the molecule is COc1cc(C=CC(=O)c2cc(N)ccc2-c2ccc(N)c(C)c2C(=O)C=Cc2ccc(OC(=O)c3ccc(OCCCCC(F)(F)F)cc3)c(OC)c2)ccc1OC(=O)c1ccc(OCCCCC(F)(F)F)cc1. The highest BCUT2D eigenvalue weighted by Crippen LogP contribution is 2.36. The van der Waals surface area contributed by atoms with Crippen LogP contribution in [-0.4, -0.2) is 63.3 Å². The van der Waals surface area contributed by atoms with E-state index in [1.807, 2.05) is 0 Å². The minimum atomic E-state index is -4.22. The van der Waals surface area contributed by atoms with Crippen LogP contribution in [0, 0.1) is 6.92 Å². The fourth-order valence-corrected chi connectivity index (χ4v) is 7.46. The molecule has 18 heteroatoms. The minimum Gasteiger partial charge on any atom is -0.494 e. The average molecular weight is 1040 g/mol. The van der Waals surface area contributed by atoms with Crippen molar-refractivity contribution in [3.8, 4) is 45.6 Å². The fraction of sp³-hybridized carbons (Fsp3) is 0.228. The molecule has 0 saturated heterocycles. The summed E-state index contributed by atoms with van der Waals surface area (Å²) in [5, 5.41) is 0. The molecule has 0 radical (unpaired) electrons. The predicted octanol–water partition coefficient (Wildman–Crippen LogP) is 13.3. The van der Waals surface area contributed by atoms with Crippen molar-refractivity contribution in [3.05, 3.63) is 166 Å². The first-order valence-corrected chi connectivity index (χ1v) is 23.4. The van der Waals surface area contributed by atoms with E-state index in [1.54, 1.807) is 55.5 Å². The Labute approximate surface area is 428 Å². The molecule has 0 bridgehead atoms. The van der Waals surface area contributed by atoms with Crippen molar-refractivity contribution in [1.82, 2.24) is 0 Å². The molecule has 0 aliphatic heterocycles. The number of hydrogen-bond donors (Lipinski definition) is 2. The number of hydrogen-bond acceptors (Lipinski definition) is 12. The fourth-order valence-electron chi connectivity index (χ4n) is 7.46. The second-order valence-electron chi connectivity index (χ2n) is 16.9. The van der Waals surface area contributed by atoms with E-state index in [4.69, 9.17) is 39.9 Å². The summed E-state index contributed by atoms with van der Waals surface area (Å²) in [4.78, 5) is 54.2. The summed E-state index contributed by atoms with van der Waals surface area (Å²) < 4.78 is 108. The van der Waals surface area contributed by atoms with E-state index in [0.717, 1.165) is 0 Å². The Morgan fingerprint density at radius 1 is 0.520 bits per heavy atom. The van der Waals surface area contributed by atoms with Crippen LogP contribution >= 0.6 is 0 Å². The number of nitrogen functional groups attached to an aromatic ring is 2. The van der Waals surface area contributed by atoms with Crippen LogP contribution in [0.2, 0.25) is 0 Å². The smallest absolute Gasteiger partial charge is 0.389 e. The Kier molecular flexibility index (Phi) is 18.9. The van der Waals surface area contributed by atoms with E-state index in [2.05, 4.69) is 0 Å². The van der Waals surface area contributed by atoms with Crippen LogP contribution in [0.1, 0.15) is 96.6 Å². The van der Waals surface area contributed by atoms with Gasteiger partial charge in [-0.15, -0.1) is 0 Å². The summed E-state index contributed by atoms with van der Waals surface area (Å²) in [6.45, 7) is 1.85. The molecule has 0 fully saturated rings. The third-order valence-corrected chi connectivity index (χ3v) is 11.4. The predicted molar refractivity (Wildman–Crippen MR) is 272 cm³/mol. The van der Waals surface area contributed by atoms with Gasteiger partial charge in [0.05, 0.1) is 38.6 Å². The van der Waals surface area contributed by atoms with E-state index in [-0.39, 0.29) is 89.8 Å². The van der Waals surface area contributed by atoms with Gasteiger partial charge in [0.2, 0.25) is 0 Å². The molecule has 6 aromatic carbocycles. The molecule has 0 atom stereocenters. The number of carbonyl (C=O) groups excluding carboxylic acids is 4. The number of halogens is 6.